The van der Waals surface area contributed by atoms with Gasteiger partial charge in [0.1, 0.15) is 10.8 Å². The molecule has 0 radical (unpaired) electrons. The molecule has 1 atom stereocenters. The van der Waals surface area contributed by atoms with Crippen LogP contribution >= 0.6 is 23.2 Å². The molecule has 1 rings (SSSR count). The van der Waals surface area contributed by atoms with Crippen molar-refractivity contribution in [2.45, 2.75) is 52.0 Å². The van der Waals surface area contributed by atoms with Crippen molar-refractivity contribution in [2.75, 3.05) is 5.32 Å². The third-order valence-electron chi connectivity index (χ3n) is 2.59. The number of halogens is 2. The lowest BCUT2D eigenvalue weighted by Crippen LogP contribution is -2.16. The Labute approximate surface area is 113 Å². The van der Waals surface area contributed by atoms with Gasteiger partial charge in [-0.15, -0.1) is 0 Å². The quantitative estimate of drug-likeness (QED) is 0.586. The molecule has 0 aliphatic rings. The zero-order chi connectivity index (χ0) is 12.7. The van der Waals surface area contributed by atoms with E-state index in [0.29, 0.717) is 16.9 Å². The highest BCUT2D eigenvalue weighted by atomic mass is 35.5. The predicted molar refractivity (Wildman–Crippen MR) is 73.9 cm³/mol. The number of nitrogens with one attached hydrogen (secondary N) is 1. The van der Waals surface area contributed by atoms with Crippen molar-refractivity contribution in [1.29, 1.82) is 0 Å². The van der Waals surface area contributed by atoms with Crippen molar-refractivity contribution >= 4 is 29.0 Å². The second kappa shape index (κ2) is 7.72. The van der Waals surface area contributed by atoms with Crippen molar-refractivity contribution in [3.05, 3.63) is 16.5 Å². The lowest BCUT2D eigenvalue weighted by atomic mass is 10.1. The Balaban J connectivity index is 2.39. The zero-order valence-corrected chi connectivity index (χ0v) is 11.9. The Kier molecular flexibility index (Phi) is 6.60. The maximum Gasteiger partial charge on any atom is 0.224 e. The van der Waals surface area contributed by atoms with Crippen LogP contribution < -0.4 is 5.32 Å². The van der Waals surface area contributed by atoms with Crippen LogP contribution in [-0.4, -0.2) is 16.0 Å². The van der Waals surface area contributed by atoms with E-state index < -0.39 is 0 Å². The lowest BCUT2D eigenvalue weighted by molar-refractivity contribution is 0.593. The Morgan fingerprint density at radius 2 is 2.06 bits per heavy atom. The molecule has 0 aliphatic carbocycles. The number of rotatable bonds is 7. The number of aromatic nitrogens is 2. The third kappa shape index (κ3) is 5.55. The largest absolute Gasteiger partial charge is 0.366 e. The highest BCUT2D eigenvalue weighted by Crippen LogP contribution is 2.21. The van der Waals surface area contributed by atoms with Gasteiger partial charge in [0, 0.05) is 6.04 Å². The van der Waals surface area contributed by atoms with Gasteiger partial charge in [-0.25, -0.2) is 4.98 Å². The topological polar surface area (TPSA) is 37.8 Å². The molecule has 3 nitrogen and oxygen atoms in total. The molecular weight excluding hydrogens is 257 g/mol. The number of nitrogens with zero attached hydrogens (tertiary/aromatic N) is 2. The maximum atomic E-state index is 5.98. The van der Waals surface area contributed by atoms with Gasteiger partial charge in [0.25, 0.3) is 0 Å². The molecule has 1 unspecified atom stereocenters. The van der Waals surface area contributed by atoms with Crippen LogP contribution in [0.15, 0.2) is 6.20 Å². The molecule has 0 bridgehead atoms. The third-order valence-corrected chi connectivity index (χ3v) is 3.05. The van der Waals surface area contributed by atoms with E-state index in [1.807, 2.05) is 0 Å². The van der Waals surface area contributed by atoms with Gasteiger partial charge in [-0.2, -0.15) is 4.98 Å². The highest BCUT2D eigenvalue weighted by molar-refractivity contribution is 6.33. The smallest absolute Gasteiger partial charge is 0.224 e. The fourth-order valence-electron chi connectivity index (χ4n) is 1.63. The minimum Gasteiger partial charge on any atom is -0.366 e. The molecular formula is C12H19Cl2N3. The van der Waals surface area contributed by atoms with Gasteiger partial charge in [0.15, 0.2) is 0 Å². The molecule has 0 aliphatic heterocycles. The summed E-state index contributed by atoms with van der Waals surface area (Å²) in [5, 5.41) is 3.99. The average Bonchev–Trinajstić information content (AvgIpc) is 2.29. The van der Waals surface area contributed by atoms with Crippen molar-refractivity contribution in [1.82, 2.24) is 9.97 Å². The molecule has 1 aromatic rings. The highest BCUT2D eigenvalue weighted by Gasteiger charge is 2.07. The second-order valence-corrected chi connectivity index (χ2v) is 4.98. The van der Waals surface area contributed by atoms with E-state index in [2.05, 4.69) is 29.1 Å². The minimum absolute atomic E-state index is 0.218. The molecule has 0 saturated carbocycles. The normalized spacial score (nSPS) is 12.5. The van der Waals surface area contributed by atoms with Gasteiger partial charge in [0.2, 0.25) is 5.28 Å². The zero-order valence-electron chi connectivity index (χ0n) is 10.3. The monoisotopic (exact) mass is 275 g/mol. The fourth-order valence-corrected chi connectivity index (χ4v) is 1.91. The van der Waals surface area contributed by atoms with Crippen LogP contribution in [0.5, 0.6) is 0 Å². The van der Waals surface area contributed by atoms with Gasteiger partial charge in [0.05, 0.1) is 6.20 Å². The van der Waals surface area contributed by atoms with Crippen LogP contribution in [0.2, 0.25) is 10.3 Å². The van der Waals surface area contributed by atoms with Gasteiger partial charge < -0.3 is 5.32 Å². The van der Waals surface area contributed by atoms with Gasteiger partial charge in [-0.3, -0.25) is 0 Å². The summed E-state index contributed by atoms with van der Waals surface area (Å²) in [7, 11) is 0. The summed E-state index contributed by atoms with van der Waals surface area (Å²) in [6, 6.07) is 0.343. The van der Waals surface area contributed by atoms with Crippen molar-refractivity contribution < 1.29 is 0 Å². The molecule has 0 aromatic carbocycles. The molecule has 1 aromatic heterocycles. The van der Waals surface area contributed by atoms with Crippen molar-refractivity contribution in [3.8, 4) is 0 Å². The Morgan fingerprint density at radius 3 is 2.76 bits per heavy atom. The number of hydrogen-bond donors (Lipinski definition) is 1. The van der Waals surface area contributed by atoms with Crippen LogP contribution in [-0.2, 0) is 0 Å². The minimum atomic E-state index is 0.218. The standard InChI is InChI=1S/C12H19Cl2N3/c1-3-4-5-6-7-9(2)16-11-10(13)8-15-12(14)17-11/h8-9H,3-7H2,1-2H3,(H,15,16,17). The molecule has 0 amide bonds. The van der Waals surface area contributed by atoms with Crippen LogP contribution in [0, 0.1) is 0 Å². The van der Waals surface area contributed by atoms with Crippen LogP contribution in [0.25, 0.3) is 0 Å². The van der Waals surface area contributed by atoms with E-state index in [9.17, 15) is 0 Å². The van der Waals surface area contributed by atoms with E-state index in [4.69, 9.17) is 23.2 Å². The first kappa shape index (κ1) is 14.5. The SMILES string of the molecule is CCCCCCC(C)Nc1nc(Cl)ncc1Cl. The molecule has 0 fully saturated rings. The maximum absolute atomic E-state index is 5.98. The van der Waals surface area contributed by atoms with Crippen LogP contribution in [0.1, 0.15) is 46.0 Å². The molecule has 5 heteroatoms. The molecule has 96 valence electrons. The summed E-state index contributed by atoms with van der Waals surface area (Å²) in [5.41, 5.74) is 0. The second-order valence-electron chi connectivity index (χ2n) is 4.23. The van der Waals surface area contributed by atoms with Gasteiger partial charge in [-0.1, -0.05) is 44.2 Å². The van der Waals surface area contributed by atoms with E-state index in [0.717, 1.165) is 6.42 Å². The van der Waals surface area contributed by atoms with Gasteiger partial charge >= 0.3 is 0 Å². The Hall–Kier alpha value is -0.540. The van der Waals surface area contributed by atoms with Crippen molar-refractivity contribution in [3.63, 3.8) is 0 Å². The molecule has 0 spiro atoms. The molecule has 1 heterocycles. The number of hydrogen-bond acceptors (Lipinski definition) is 3. The first-order chi connectivity index (χ1) is 8.13. The van der Waals surface area contributed by atoms with E-state index in [1.54, 1.807) is 0 Å². The first-order valence-electron chi connectivity index (χ1n) is 6.08. The van der Waals surface area contributed by atoms with Crippen molar-refractivity contribution in [2.24, 2.45) is 0 Å². The Bertz CT molecular complexity index is 345. The number of unbranched alkanes of at least 4 members (excludes halogenated alkanes) is 3. The predicted octanol–water partition coefficient (Wildman–Crippen LogP) is 4.55. The molecule has 17 heavy (non-hydrogen) atoms. The number of anilines is 1. The fraction of sp³-hybridized carbons (Fsp3) is 0.667. The first-order valence-corrected chi connectivity index (χ1v) is 6.83. The molecule has 0 saturated heterocycles. The summed E-state index contributed by atoms with van der Waals surface area (Å²) in [5.74, 6) is 0.620. The van der Waals surface area contributed by atoms with Crippen LogP contribution in [0.4, 0.5) is 5.82 Å². The van der Waals surface area contributed by atoms with E-state index in [1.165, 1.54) is 31.9 Å². The lowest BCUT2D eigenvalue weighted by Gasteiger charge is -2.15. The average molecular weight is 276 g/mol. The molecule has 1 N–H and O–H groups in total. The summed E-state index contributed by atoms with van der Waals surface area (Å²) in [6.45, 7) is 4.34. The van der Waals surface area contributed by atoms with E-state index in [-0.39, 0.29) is 5.28 Å². The summed E-state index contributed by atoms with van der Waals surface area (Å²) < 4.78 is 0. The summed E-state index contributed by atoms with van der Waals surface area (Å²) >= 11 is 11.7. The Morgan fingerprint density at radius 1 is 1.29 bits per heavy atom. The van der Waals surface area contributed by atoms with Crippen LogP contribution in [0.3, 0.4) is 0 Å². The summed E-state index contributed by atoms with van der Waals surface area (Å²) in [4.78, 5) is 7.88. The van der Waals surface area contributed by atoms with Gasteiger partial charge in [-0.05, 0) is 24.9 Å². The van der Waals surface area contributed by atoms with E-state index >= 15 is 0 Å². The summed E-state index contributed by atoms with van der Waals surface area (Å²) in [6.07, 6.45) is 7.68.